The second-order valence-corrected chi connectivity index (χ2v) is 14.8. The third kappa shape index (κ3) is 10.9. The first-order valence-corrected chi connectivity index (χ1v) is 18.5. The van der Waals surface area contributed by atoms with Gasteiger partial charge in [0.15, 0.2) is 0 Å². The lowest BCUT2D eigenvalue weighted by Crippen LogP contribution is -2.28. The first-order chi connectivity index (χ1) is 25.1. The number of carbonyl (C=O) groups is 2. The molecule has 2 aromatic heterocycles. The molecule has 4 heterocycles. The SMILES string of the molecule is CC1=CCOc2c(Br)cc(C(=O)NCc3c(C)cc(C)[nH]c3=O)cc2C1.CC1=CCOc2c(Br)cc(C(=O)O)cc2C1.Cc1cc(C)c(CN)c(=O)[nH]1. The number of amides is 1. The van der Waals surface area contributed by atoms with Crippen molar-refractivity contribution in [3.63, 3.8) is 0 Å². The highest BCUT2D eigenvalue weighted by Crippen LogP contribution is 2.35. The maximum Gasteiger partial charge on any atom is 0.335 e. The van der Waals surface area contributed by atoms with E-state index in [0.29, 0.717) is 40.9 Å². The van der Waals surface area contributed by atoms with Crippen molar-refractivity contribution in [2.24, 2.45) is 5.73 Å². The molecule has 4 aromatic rings. The minimum absolute atomic E-state index is 0.0648. The van der Waals surface area contributed by atoms with Crippen LogP contribution >= 0.6 is 31.9 Å². The van der Waals surface area contributed by atoms with Gasteiger partial charge in [-0.25, -0.2) is 4.79 Å². The summed E-state index contributed by atoms with van der Waals surface area (Å²) in [6.07, 6.45) is 5.52. The van der Waals surface area contributed by atoms with Crippen molar-refractivity contribution >= 4 is 43.7 Å². The summed E-state index contributed by atoms with van der Waals surface area (Å²) in [5.41, 5.74) is 15.0. The molecule has 0 radical (unpaired) electrons. The highest BCUT2D eigenvalue weighted by atomic mass is 79.9. The van der Waals surface area contributed by atoms with Crippen molar-refractivity contribution < 1.29 is 24.2 Å². The van der Waals surface area contributed by atoms with Crippen LogP contribution in [-0.4, -0.2) is 40.2 Å². The Morgan fingerprint density at radius 1 is 0.736 bits per heavy atom. The van der Waals surface area contributed by atoms with Crippen LogP contribution in [0.3, 0.4) is 0 Å². The molecule has 0 unspecified atom stereocenters. The van der Waals surface area contributed by atoms with E-state index >= 15 is 0 Å². The summed E-state index contributed by atoms with van der Waals surface area (Å²) in [6, 6.07) is 10.7. The third-order valence-corrected chi connectivity index (χ3v) is 9.80. The molecule has 0 saturated heterocycles. The van der Waals surface area contributed by atoms with Gasteiger partial charge in [0.25, 0.3) is 17.0 Å². The second-order valence-electron chi connectivity index (χ2n) is 13.0. The zero-order valence-corrected chi connectivity index (χ0v) is 33.8. The average Bonchev–Trinajstić information content (AvgIpc) is 3.38. The molecule has 13 heteroatoms. The number of aromatic nitrogens is 2. The predicted molar refractivity (Wildman–Crippen MR) is 213 cm³/mol. The zero-order chi connectivity index (χ0) is 39.0. The second kappa shape index (κ2) is 18.4. The van der Waals surface area contributed by atoms with Gasteiger partial charge in [-0.2, -0.15) is 0 Å². The molecule has 280 valence electrons. The smallest absolute Gasteiger partial charge is 0.335 e. The van der Waals surface area contributed by atoms with Crippen molar-refractivity contribution in [2.75, 3.05) is 13.2 Å². The van der Waals surface area contributed by atoms with E-state index in [0.717, 1.165) is 62.5 Å². The van der Waals surface area contributed by atoms with Crippen molar-refractivity contribution in [1.29, 1.82) is 0 Å². The molecular formula is C40H44Br2N4O7. The first kappa shape index (κ1) is 41.0. The number of fused-ring (bicyclic) bond motifs is 2. The number of nitrogens with two attached hydrogens (primary N) is 1. The van der Waals surface area contributed by atoms with E-state index in [4.69, 9.17) is 20.3 Å². The molecule has 0 spiro atoms. The molecule has 0 saturated carbocycles. The Morgan fingerprint density at radius 3 is 1.64 bits per heavy atom. The number of ether oxygens (including phenoxy) is 2. The van der Waals surface area contributed by atoms with Crippen LogP contribution in [0.1, 0.15) is 79.3 Å². The number of halogens is 2. The fourth-order valence-corrected chi connectivity index (χ4v) is 7.16. The molecule has 53 heavy (non-hydrogen) atoms. The number of aromatic carboxylic acids is 1. The lowest BCUT2D eigenvalue weighted by Gasteiger charge is -2.13. The standard InChI is InChI=1S/C20H21BrN2O3.C12H11BrO3.C8H12N2O/c1-11-4-5-26-18-14(6-11)8-15(9-17(18)21)19(24)22-10-16-12(2)7-13(3)23-20(16)25;1-7-2-3-16-11-8(4-7)5-9(12(14)15)6-10(11)13;1-5-3-6(2)10-8(11)7(5)4-9/h4,7-9H,5-6,10H2,1-3H3,(H,22,24)(H,23,25);2,5-6H,3-4H2,1H3,(H,14,15);3H,4,9H2,1-2H3,(H,10,11). The summed E-state index contributed by atoms with van der Waals surface area (Å²) in [5, 5.41) is 11.8. The Labute approximate surface area is 325 Å². The highest BCUT2D eigenvalue weighted by molar-refractivity contribution is 9.11. The number of hydrogen-bond donors (Lipinski definition) is 5. The maximum absolute atomic E-state index is 12.6. The lowest BCUT2D eigenvalue weighted by atomic mass is 10.0. The molecule has 1 amide bonds. The summed E-state index contributed by atoms with van der Waals surface area (Å²) in [6.45, 7) is 13.1. The quantitative estimate of drug-likeness (QED) is 0.133. The number of pyridine rings is 2. The molecule has 0 aliphatic carbocycles. The van der Waals surface area contributed by atoms with Crippen LogP contribution < -0.4 is 31.6 Å². The van der Waals surface area contributed by atoms with E-state index in [1.54, 1.807) is 18.2 Å². The van der Waals surface area contributed by atoms with Gasteiger partial charge in [-0.05, 0) is 146 Å². The molecule has 2 aromatic carbocycles. The van der Waals surface area contributed by atoms with E-state index in [2.05, 4.69) is 47.1 Å². The Kier molecular flexibility index (Phi) is 14.2. The number of nitrogens with one attached hydrogen (secondary N) is 3. The number of carboxylic acids is 1. The summed E-state index contributed by atoms with van der Waals surface area (Å²) in [7, 11) is 0. The van der Waals surface area contributed by atoms with Crippen molar-refractivity contribution in [1.82, 2.24) is 15.3 Å². The third-order valence-electron chi connectivity index (χ3n) is 8.63. The summed E-state index contributed by atoms with van der Waals surface area (Å²) < 4.78 is 12.8. The Morgan fingerprint density at radius 2 is 1.19 bits per heavy atom. The minimum Gasteiger partial charge on any atom is -0.488 e. The van der Waals surface area contributed by atoms with Crippen LogP contribution in [0.4, 0.5) is 0 Å². The molecule has 2 aliphatic heterocycles. The topological polar surface area (TPSA) is 177 Å². The van der Waals surface area contributed by atoms with Gasteiger partial charge in [-0.3, -0.25) is 14.4 Å². The molecule has 6 rings (SSSR count). The normalized spacial score (nSPS) is 13.0. The van der Waals surface area contributed by atoms with E-state index in [1.165, 1.54) is 11.1 Å². The van der Waals surface area contributed by atoms with Gasteiger partial charge in [-0.15, -0.1) is 0 Å². The molecule has 2 aliphatic rings. The van der Waals surface area contributed by atoms with Crippen LogP contribution in [0.15, 0.2) is 78.2 Å². The van der Waals surface area contributed by atoms with Crippen LogP contribution in [0.5, 0.6) is 11.5 Å². The van der Waals surface area contributed by atoms with Gasteiger partial charge in [0.2, 0.25) is 0 Å². The van der Waals surface area contributed by atoms with Gasteiger partial charge in [0.05, 0.1) is 14.5 Å². The number of carboxylic acid groups (broad SMARTS) is 1. The maximum atomic E-state index is 12.6. The molecular weight excluding hydrogens is 808 g/mol. The number of rotatable bonds is 5. The Balaban J connectivity index is 0.000000197. The Hall–Kier alpha value is -4.72. The number of aromatic amines is 2. The molecule has 0 atom stereocenters. The summed E-state index contributed by atoms with van der Waals surface area (Å²) in [5.74, 6) is 0.381. The van der Waals surface area contributed by atoms with Crippen LogP contribution in [0, 0.1) is 27.7 Å². The van der Waals surface area contributed by atoms with Gasteiger partial charge in [0, 0.05) is 52.3 Å². The first-order valence-electron chi connectivity index (χ1n) is 16.9. The predicted octanol–water partition coefficient (Wildman–Crippen LogP) is 7.04. The van der Waals surface area contributed by atoms with Crippen LogP contribution in [-0.2, 0) is 25.9 Å². The number of H-pyrrole nitrogens is 2. The molecule has 6 N–H and O–H groups in total. The summed E-state index contributed by atoms with van der Waals surface area (Å²) >= 11 is 6.84. The van der Waals surface area contributed by atoms with Crippen LogP contribution in [0.25, 0.3) is 0 Å². The highest BCUT2D eigenvalue weighted by Gasteiger charge is 2.18. The minimum atomic E-state index is -0.922. The number of carbonyl (C=O) groups excluding carboxylic acids is 1. The molecule has 0 fully saturated rings. The van der Waals surface area contributed by atoms with E-state index < -0.39 is 5.97 Å². The summed E-state index contributed by atoms with van der Waals surface area (Å²) in [4.78, 5) is 52.3. The number of allylic oxidation sites excluding steroid dienone is 2. The van der Waals surface area contributed by atoms with E-state index in [1.807, 2.05) is 71.9 Å². The van der Waals surface area contributed by atoms with Gasteiger partial charge >= 0.3 is 5.97 Å². The van der Waals surface area contributed by atoms with E-state index in [9.17, 15) is 19.2 Å². The van der Waals surface area contributed by atoms with Crippen LogP contribution in [0.2, 0.25) is 0 Å². The van der Waals surface area contributed by atoms with Crippen molar-refractivity contribution in [3.05, 3.63) is 145 Å². The van der Waals surface area contributed by atoms with Gasteiger partial charge in [0.1, 0.15) is 24.7 Å². The molecule has 0 bridgehead atoms. The number of benzene rings is 2. The van der Waals surface area contributed by atoms with Gasteiger partial charge in [-0.1, -0.05) is 11.1 Å². The zero-order valence-electron chi connectivity index (χ0n) is 30.6. The van der Waals surface area contributed by atoms with Gasteiger partial charge < -0.3 is 35.6 Å². The average molecular weight is 853 g/mol. The fraction of sp³-hybridized carbons (Fsp3) is 0.300. The Bertz CT molecular complexity index is 2220. The van der Waals surface area contributed by atoms with E-state index in [-0.39, 0.29) is 29.1 Å². The fourth-order valence-electron chi connectivity index (χ4n) is 5.93. The number of aryl methyl sites for hydroxylation is 4. The largest absolute Gasteiger partial charge is 0.488 e. The number of hydrogen-bond acceptors (Lipinski definition) is 7. The monoisotopic (exact) mass is 850 g/mol. The van der Waals surface area contributed by atoms with Crippen molar-refractivity contribution in [3.8, 4) is 11.5 Å². The van der Waals surface area contributed by atoms with Crippen molar-refractivity contribution in [2.45, 2.75) is 67.5 Å². The lowest BCUT2D eigenvalue weighted by molar-refractivity contribution is 0.0696. The molecule has 11 nitrogen and oxygen atoms in total.